The maximum Gasteiger partial charge on any atom is 0.303 e. The van der Waals surface area contributed by atoms with Crippen LogP contribution in [0.1, 0.15) is 39.0 Å². The first kappa shape index (κ1) is 23.4. The molecule has 1 saturated heterocycles. The normalized spacial score (nSPS) is 22.1. The van der Waals surface area contributed by atoms with Gasteiger partial charge in [0.25, 0.3) is 5.69 Å². The van der Waals surface area contributed by atoms with Crippen molar-refractivity contribution >= 4 is 28.8 Å². The summed E-state index contributed by atoms with van der Waals surface area (Å²) in [6, 6.07) is 6.25. The van der Waals surface area contributed by atoms with Gasteiger partial charge in [-0.05, 0) is 12.0 Å². The molecule has 4 rings (SSSR count). The average molecular weight is 470 g/mol. The maximum absolute atomic E-state index is 11.7. The summed E-state index contributed by atoms with van der Waals surface area (Å²) in [5.41, 5.74) is 7.65. The molecular weight excluding hydrogens is 444 g/mol. The molecule has 0 radical (unpaired) electrons. The van der Waals surface area contributed by atoms with E-state index in [-0.39, 0.29) is 36.1 Å². The number of nitro groups is 1. The average Bonchev–Trinajstić information content (AvgIpc) is 3.34. The first-order valence-electron chi connectivity index (χ1n) is 11.0. The van der Waals surface area contributed by atoms with Crippen molar-refractivity contribution in [3.63, 3.8) is 0 Å². The van der Waals surface area contributed by atoms with E-state index in [4.69, 9.17) is 19.9 Å². The van der Waals surface area contributed by atoms with Crippen LogP contribution in [0.25, 0.3) is 11.2 Å². The van der Waals surface area contributed by atoms with Crippen molar-refractivity contribution in [2.24, 2.45) is 5.92 Å². The fourth-order valence-corrected chi connectivity index (χ4v) is 4.14. The minimum absolute atomic E-state index is 0.00158. The monoisotopic (exact) mass is 470 g/mol. The second-order valence-electron chi connectivity index (χ2n) is 8.14. The molecule has 0 aliphatic carbocycles. The Morgan fingerprint density at radius 1 is 1.29 bits per heavy atom. The standard InChI is InChI=1S/C22H26N6O6/c1-4-16-12(2)18(33-13(3)29)21(34-16)27-11-24-17-19(27)25-22(23)26-20(17)32-10-9-14-5-7-15(8-6-14)28(30)31/h5-8,11-12,16,18,21H,4,9-10H2,1-3H3,(H2,23,25,26)/t12-,16-,18-,21-/m1/s1. The minimum atomic E-state index is -0.615. The summed E-state index contributed by atoms with van der Waals surface area (Å²) in [5.74, 6) is -0.198. The molecule has 0 bridgehead atoms. The molecule has 2 aromatic heterocycles. The Labute approximate surface area is 195 Å². The number of anilines is 1. The van der Waals surface area contributed by atoms with Crippen molar-refractivity contribution in [3.05, 3.63) is 46.3 Å². The molecule has 0 saturated carbocycles. The van der Waals surface area contributed by atoms with Gasteiger partial charge in [0.2, 0.25) is 11.8 Å². The summed E-state index contributed by atoms with van der Waals surface area (Å²) < 4.78 is 19.3. The summed E-state index contributed by atoms with van der Waals surface area (Å²) >= 11 is 0. The molecular formula is C22H26N6O6. The number of aromatic nitrogens is 4. The number of fused-ring (bicyclic) bond motifs is 1. The number of nitrogens with zero attached hydrogens (tertiary/aromatic N) is 5. The number of carbonyl (C=O) groups is 1. The molecule has 3 heterocycles. The lowest BCUT2D eigenvalue weighted by Gasteiger charge is -2.22. The number of nitrogen functional groups attached to an aromatic ring is 1. The number of non-ortho nitro benzene ring substituents is 1. The third-order valence-electron chi connectivity index (χ3n) is 5.86. The van der Waals surface area contributed by atoms with Crippen LogP contribution in [0.5, 0.6) is 5.88 Å². The zero-order chi connectivity index (χ0) is 24.4. The van der Waals surface area contributed by atoms with Crippen LogP contribution in [0, 0.1) is 16.0 Å². The second-order valence-corrected chi connectivity index (χ2v) is 8.14. The van der Waals surface area contributed by atoms with E-state index >= 15 is 0 Å². The van der Waals surface area contributed by atoms with Gasteiger partial charge in [-0.3, -0.25) is 19.5 Å². The quantitative estimate of drug-likeness (QED) is 0.295. The Kier molecular flexibility index (Phi) is 6.59. The molecule has 1 aliphatic rings. The molecule has 1 aromatic carbocycles. The lowest BCUT2D eigenvalue weighted by molar-refractivity contribution is -0.384. The zero-order valence-corrected chi connectivity index (χ0v) is 19.1. The highest BCUT2D eigenvalue weighted by atomic mass is 16.6. The third kappa shape index (κ3) is 4.62. The Morgan fingerprint density at radius 2 is 2.03 bits per heavy atom. The van der Waals surface area contributed by atoms with Crippen molar-refractivity contribution in [1.29, 1.82) is 0 Å². The first-order valence-corrected chi connectivity index (χ1v) is 11.0. The SMILES string of the molecule is CC[C@H]1O[C@@H](n2cnc3c(OCCc4ccc([N+](=O)[O-])cc4)nc(N)nc32)[C@H](OC(C)=O)[C@@H]1C. The van der Waals surface area contributed by atoms with E-state index in [2.05, 4.69) is 15.0 Å². The predicted octanol–water partition coefficient (Wildman–Crippen LogP) is 2.81. The lowest BCUT2D eigenvalue weighted by atomic mass is 9.98. The lowest BCUT2D eigenvalue weighted by Crippen LogP contribution is -2.29. The van der Waals surface area contributed by atoms with E-state index in [0.29, 0.717) is 17.6 Å². The molecule has 1 fully saturated rings. The number of esters is 1. The number of benzene rings is 1. The van der Waals surface area contributed by atoms with Crippen LogP contribution in [0.2, 0.25) is 0 Å². The number of imidazole rings is 1. The van der Waals surface area contributed by atoms with Gasteiger partial charge in [-0.15, -0.1) is 0 Å². The summed E-state index contributed by atoms with van der Waals surface area (Å²) in [7, 11) is 0. The van der Waals surface area contributed by atoms with E-state index in [1.54, 1.807) is 23.0 Å². The molecule has 12 nitrogen and oxygen atoms in total. The fraction of sp³-hybridized carbons (Fsp3) is 0.455. The molecule has 180 valence electrons. The van der Waals surface area contributed by atoms with Gasteiger partial charge in [-0.2, -0.15) is 9.97 Å². The summed E-state index contributed by atoms with van der Waals surface area (Å²) in [6.45, 7) is 5.61. The Morgan fingerprint density at radius 3 is 2.68 bits per heavy atom. The molecule has 34 heavy (non-hydrogen) atoms. The number of ether oxygens (including phenoxy) is 3. The van der Waals surface area contributed by atoms with Crippen LogP contribution in [-0.2, 0) is 20.7 Å². The third-order valence-corrected chi connectivity index (χ3v) is 5.86. The molecule has 0 spiro atoms. The number of carbonyl (C=O) groups excluding carboxylic acids is 1. The van der Waals surface area contributed by atoms with Crippen LogP contribution in [-0.4, -0.2) is 49.2 Å². The highest BCUT2D eigenvalue weighted by Gasteiger charge is 2.45. The zero-order valence-electron chi connectivity index (χ0n) is 19.1. The second kappa shape index (κ2) is 9.59. The van der Waals surface area contributed by atoms with Crippen LogP contribution in [0.15, 0.2) is 30.6 Å². The van der Waals surface area contributed by atoms with Crippen molar-refractivity contribution in [2.75, 3.05) is 12.3 Å². The molecule has 1 aliphatic heterocycles. The van der Waals surface area contributed by atoms with Crippen molar-refractivity contribution < 1.29 is 23.9 Å². The molecule has 0 amide bonds. The van der Waals surface area contributed by atoms with Crippen LogP contribution in [0.3, 0.4) is 0 Å². The van der Waals surface area contributed by atoms with E-state index in [1.807, 2.05) is 13.8 Å². The van der Waals surface area contributed by atoms with Crippen LogP contribution < -0.4 is 10.5 Å². The van der Waals surface area contributed by atoms with Crippen LogP contribution >= 0.6 is 0 Å². The number of rotatable bonds is 8. The molecule has 4 atom stereocenters. The summed E-state index contributed by atoms with van der Waals surface area (Å²) in [5, 5.41) is 10.8. The van der Waals surface area contributed by atoms with Crippen molar-refractivity contribution in [1.82, 2.24) is 19.5 Å². The summed E-state index contributed by atoms with van der Waals surface area (Å²) in [6.07, 6.45) is 1.59. The highest BCUT2D eigenvalue weighted by Crippen LogP contribution is 2.39. The van der Waals surface area contributed by atoms with Gasteiger partial charge < -0.3 is 19.9 Å². The van der Waals surface area contributed by atoms with Gasteiger partial charge in [-0.25, -0.2) is 4.98 Å². The summed E-state index contributed by atoms with van der Waals surface area (Å²) in [4.78, 5) is 35.0. The topological polar surface area (TPSA) is 158 Å². The van der Waals surface area contributed by atoms with Gasteiger partial charge in [0, 0.05) is 31.4 Å². The highest BCUT2D eigenvalue weighted by molar-refractivity contribution is 5.77. The molecule has 3 aromatic rings. The van der Waals surface area contributed by atoms with Crippen LogP contribution in [0.4, 0.5) is 11.6 Å². The molecule has 12 heteroatoms. The fourth-order valence-electron chi connectivity index (χ4n) is 4.14. The predicted molar refractivity (Wildman–Crippen MR) is 121 cm³/mol. The smallest absolute Gasteiger partial charge is 0.303 e. The van der Waals surface area contributed by atoms with Gasteiger partial charge in [-0.1, -0.05) is 26.0 Å². The Hall–Kier alpha value is -3.80. The molecule has 0 unspecified atom stereocenters. The van der Waals surface area contributed by atoms with Gasteiger partial charge >= 0.3 is 5.97 Å². The number of nitro benzene ring substituents is 1. The van der Waals surface area contributed by atoms with E-state index in [9.17, 15) is 14.9 Å². The van der Waals surface area contributed by atoms with E-state index in [0.717, 1.165) is 12.0 Å². The van der Waals surface area contributed by atoms with Gasteiger partial charge in [0.15, 0.2) is 23.5 Å². The minimum Gasteiger partial charge on any atom is -0.476 e. The largest absolute Gasteiger partial charge is 0.476 e. The van der Waals surface area contributed by atoms with Gasteiger partial charge in [0.1, 0.15) is 0 Å². The van der Waals surface area contributed by atoms with E-state index < -0.39 is 23.2 Å². The van der Waals surface area contributed by atoms with Crippen molar-refractivity contribution in [2.45, 2.75) is 52.0 Å². The number of nitrogens with two attached hydrogens (primary N) is 1. The molecule has 2 N–H and O–H groups in total. The first-order chi connectivity index (χ1) is 16.3. The number of hydrogen-bond acceptors (Lipinski definition) is 10. The Balaban J connectivity index is 1.56. The Bertz CT molecular complexity index is 1200. The van der Waals surface area contributed by atoms with E-state index in [1.165, 1.54) is 19.1 Å². The maximum atomic E-state index is 11.7. The van der Waals surface area contributed by atoms with Crippen molar-refractivity contribution in [3.8, 4) is 5.88 Å². The van der Waals surface area contributed by atoms with Gasteiger partial charge in [0.05, 0.1) is 24.0 Å². The number of hydrogen-bond donors (Lipinski definition) is 1.